The van der Waals surface area contributed by atoms with E-state index in [2.05, 4.69) is 15.3 Å². The Labute approximate surface area is 189 Å². The molecule has 1 aliphatic rings. The molecule has 1 saturated carbocycles. The number of benzene rings is 2. The van der Waals surface area contributed by atoms with Gasteiger partial charge in [-0.1, -0.05) is 49.6 Å². The predicted octanol–water partition coefficient (Wildman–Crippen LogP) is 4.99. The van der Waals surface area contributed by atoms with Gasteiger partial charge in [-0.05, 0) is 54.3 Å². The Bertz CT molecular complexity index is 1170. The largest absolute Gasteiger partial charge is 0.392 e. The van der Waals surface area contributed by atoms with Crippen LogP contribution >= 0.6 is 0 Å². The maximum absolute atomic E-state index is 12.8. The predicted molar refractivity (Wildman–Crippen MR) is 127 cm³/mol. The first-order chi connectivity index (χ1) is 15.5. The minimum atomic E-state index is -3.27. The zero-order chi connectivity index (χ0) is 22.4. The number of aliphatic hydroxyl groups is 1. The lowest BCUT2D eigenvalue weighted by Gasteiger charge is -2.21. The van der Waals surface area contributed by atoms with Crippen LogP contribution in [0, 0.1) is 0 Å². The van der Waals surface area contributed by atoms with E-state index in [1.54, 1.807) is 36.7 Å². The maximum Gasteiger partial charge on any atom is 0.227 e. The average Bonchev–Trinajstić information content (AvgIpc) is 2.84. The monoisotopic (exact) mass is 449 g/mol. The molecule has 0 spiro atoms. The Morgan fingerprint density at radius 1 is 0.938 bits per heavy atom. The number of hydrogen-bond acceptors (Lipinski definition) is 6. The highest BCUT2D eigenvalue weighted by Gasteiger charge is 2.28. The van der Waals surface area contributed by atoms with E-state index in [1.165, 1.54) is 0 Å². The Morgan fingerprint density at radius 3 is 2.31 bits per heavy atom. The molecule has 2 aromatic carbocycles. The third-order valence-electron chi connectivity index (χ3n) is 5.70. The van der Waals surface area contributed by atoms with Gasteiger partial charge in [-0.15, -0.1) is 0 Å². The summed E-state index contributed by atoms with van der Waals surface area (Å²) in [7, 11) is -3.27. The molecule has 1 aliphatic carbocycles. The number of aromatic nitrogens is 2. The summed E-state index contributed by atoms with van der Waals surface area (Å²) in [6.45, 7) is 0.0125. The van der Waals surface area contributed by atoms with Crippen LogP contribution in [0.5, 0.6) is 0 Å². The van der Waals surface area contributed by atoms with E-state index in [4.69, 9.17) is 0 Å². The van der Waals surface area contributed by atoms with Crippen molar-refractivity contribution in [3.8, 4) is 0 Å². The van der Waals surface area contributed by atoms with Crippen molar-refractivity contribution in [2.45, 2.75) is 48.9 Å². The second-order valence-corrected chi connectivity index (χ2v) is 10.3. The van der Waals surface area contributed by atoms with Crippen molar-refractivity contribution in [2.24, 2.45) is 0 Å². The zero-order valence-corrected chi connectivity index (χ0v) is 18.6. The summed E-state index contributed by atoms with van der Waals surface area (Å²) >= 11 is 0. The van der Waals surface area contributed by atoms with Crippen LogP contribution in [-0.4, -0.2) is 28.7 Å². The zero-order valence-electron chi connectivity index (χ0n) is 17.8. The van der Waals surface area contributed by atoms with E-state index < -0.39 is 9.84 Å². The summed E-state index contributed by atoms with van der Waals surface area (Å²) in [5.41, 5.74) is 3.43. The van der Waals surface area contributed by atoms with Crippen LogP contribution in [0.3, 0.4) is 0 Å². The lowest BCUT2D eigenvalue weighted by molar-refractivity contribution is 0.282. The quantitative estimate of drug-likeness (QED) is 0.528. The first-order valence-electron chi connectivity index (χ1n) is 10.9. The third-order valence-corrected chi connectivity index (χ3v) is 7.98. The van der Waals surface area contributed by atoms with Gasteiger partial charge in [0.05, 0.1) is 16.8 Å². The van der Waals surface area contributed by atoms with Crippen molar-refractivity contribution in [3.05, 3.63) is 77.6 Å². The van der Waals surface area contributed by atoms with Crippen LogP contribution in [0.4, 0.5) is 11.6 Å². The molecule has 7 heteroatoms. The molecule has 0 atom stereocenters. The van der Waals surface area contributed by atoms with E-state index in [1.807, 2.05) is 36.4 Å². The highest BCUT2D eigenvalue weighted by Crippen LogP contribution is 2.29. The summed E-state index contributed by atoms with van der Waals surface area (Å²) in [5.74, 6) is 0.437. The van der Waals surface area contributed by atoms with Crippen LogP contribution in [-0.2, 0) is 16.4 Å². The SMILES string of the molecule is O=S(=O)(c1ccc(Nc2ncc(/C=C/c3cccc(CO)c3)cn2)cc1)C1CCCCC1. The molecule has 0 unspecified atom stereocenters. The number of anilines is 2. The van der Waals surface area contributed by atoms with Crippen LogP contribution < -0.4 is 5.32 Å². The van der Waals surface area contributed by atoms with Crippen LogP contribution in [0.2, 0.25) is 0 Å². The fourth-order valence-electron chi connectivity index (χ4n) is 3.90. The third kappa shape index (κ3) is 5.41. The van der Waals surface area contributed by atoms with Gasteiger partial charge in [-0.2, -0.15) is 0 Å². The van der Waals surface area contributed by atoms with E-state index >= 15 is 0 Å². The number of nitrogens with zero attached hydrogens (tertiary/aromatic N) is 2. The van der Waals surface area contributed by atoms with E-state index in [9.17, 15) is 13.5 Å². The van der Waals surface area contributed by atoms with Crippen molar-refractivity contribution >= 4 is 33.6 Å². The van der Waals surface area contributed by atoms with Crippen molar-refractivity contribution in [1.29, 1.82) is 0 Å². The van der Waals surface area contributed by atoms with Crippen LogP contribution in [0.15, 0.2) is 65.8 Å². The summed E-state index contributed by atoms with van der Waals surface area (Å²) in [4.78, 5) is 9.04. The fraction of sp³-hybridized carbons (Fsp3) is 0.280. The molecule has 0 radical (unpaired) electrons. The molecule has 0 saturated heterocycles. The standard InChI is InChI=1S/C25H27N3O3S/c29-18-20-6-4-5-19(15-20)9-10-21-16-26-25(27-17-21)28-22-11-13-24(14-12-22)32(30,31)23-7-2-1-3-8-23/h4-6,9-17,23,29H,1-3,7-8,18H2,(H,26,27,28)/b10-9+. The molecule has 0 amide bonds. The molecule has 1 aromatic heterocycles. The van der Waals surface area contributed by atoms with E-state index in [0.29, 0.717) is 10.8 Å². The number of sulfone groups is 1. The molecule has 4 rings (SSSR count). The Morgan fingerprint density at radius 2 is 1.62 bits per heavy atom. The second kappa shape index (κ2) is 10.1. The highest BCUT2D eigenvalue weighted by molar-refractivity contribution is 7.92. The molecule has 6 nitrogen and oxygen atoms in total. The molecule has 1 fully saturated rings. The molecule has 3 aromatic rings. The van der Waals surface area contributed by atoms with Gasteiger partial charge in [0.15, 0.2) is 9.84 Å². The Balaban J connectivity index is 1.39. The normalized spacial score (nSPS) is 15.2. The number of nitrogens with one attached hydrogen (secondary N) is 1. The van der Waals surface area contributed by atoms with Gasteiger partial charge in [-0.25, -0.2) is 18.4 Å². The number of aliphatic hydroxyl groups excluding tert-OH is 1. The van der Waals surface area contributed by atoms with Gasteiger partial charge in [0.25, 0.3) is 0 Å². The first kappa shape index (κ1) is 22.2. The van der Waals surface area contributed by atoms with E-state index in [-0.39, 0.29) is 11.9 Å². The molecule has 0 aliphatic heterocycles. The molecule has 0 bridgehead atoms. The summed E-state index contributed by atoms with van der Waals surface area (Å²) in [6, 6.07) is 14.5. The fourth-order valence-corrected chi connectivity index (χ4v) is 5.76. The second-order valence-electron chi connectivity index (χ2n) is 8.03. The molecular formula is C25H27N3O3S. The smallest absolute Gasteiger partial charge is 0.227 e. The number of hydrogen-bond donors (Lipinski definition) is 2. The van der Waals surface area contributed by atoms with Crippen LogP contribution in [0.25, 0.3) is 12.2 Å². The first-order valence-corrected chi connectivity index (χ1v) is 12.4. The lowest BCUT2D eigenvalue weighted by atomic mass is 10.0. The average molecular weight is 450 g/mol. The Hall–Kier alpha value is -3.03. The lowest BCUT2D eigenvalue weighted by Crippen LogP contribution is -2.24. The summed E-state index contributed by atoms with van der Waals surface area (Å²) < 4.78 is 25.7. The molecule has 1 heterocycles. The molecule has 2 N–H and O–H groups in total. The topological polar surface area (TPSA) is 92.2 Å². The molecule has 32 heavy (non-hydrogen) atoms. The van der Waals surface area contributed by atoms with Gasteiger partial charge in [-0.3, -0.25) is 0 Å². The Kier molecular flexibility index (Phi) is 6.97. The highest BCUT2D eigenvalue weighted by atomic mass is 32.2. The minimum Gasteiger partial charge on any atom is -0.392 e. The van der Waals surface area contributed by atoms with Gasteiger partial charge in [0.1, 0.15) is 0 Å². The maximum atomic E-state index is 12.8. The molecule has 166 valence electrons. The summed E-state index contributed by atoms with van der Waals surface area (Å²) in [5, 5.41) is 12.1. The summed E-state index contributed by atoms with van der Waals surface area (Å²) in [6.07, 6.45) is 11.9. The van der Waals surface area contributed by atoms with Crippen molar-refractivity contribution in [1.82, 2.24) is 9.97 Å². The minimum absolute atomic E-state index is 0.0125. The van der Waals surface area contributed by atoms with Crippen molar-refractivity contribution in [3.63, 3.8) is 0 Å². The van der Waals surface area contributed by atoms with Gasteiger partial charge < -0.3 is 10.4 Å². The van der Waals surface area contributed by atoms with Gasteiger partial charge >= 0.3 is 0 Å². The van der Waals surface area contributed by atoms with Crippen molar-refractivity contribution < 1.29 is 13.5 Å². The van der Waals surface area contributed by atoms with Gasteiger partial charge in [0, 0.05) is 23.6 Å². The van der Waals surface area contributed by atoms with E-state index in [0.717, 1.165) is 54.5 Å². The number of rotatable bonds is 7. The molecular weight excluding hydrogens is 422 g/mol. The van der Waals surface area contributed by atoms with Crippen molar-refractivity contribution in [2.75, 3.05) is 5.32 Å². The van der Waals surface area contributed by atoms with Crippen LogP contribution in [0.1, 0.15) is 48.8 Å². The van der Waals surface area contributed by atoms with Gasteiger partial charge in [0.2, 0.25) is 5.95 Å².